The van der Waals surface area contributed by atoms with Gasteiger partial charge >= 0.3 is 5.97 Å². The fraction of sp³-hybridized carbons (Fsp3) is 0.308. The minimum Gasteiger partial charge on any atom is -0.496 e. The predicted molar refractivity (Wildman–Crippen MR) is 131 cm³/mol. The number of carbonyl (C=O) groups is 3. The average Bonchev–Trinajstić information content (AvgIpc) is 3.31. The van der Waals surface area contributed by atoms with Crippen molar-refractivity contribution in [2.75, 3.05) is 25.7 Å². The summed E-state index contributed by atoms with van der Waals surface area (Å²) in [5.41, 5.74) is -0.113. The number of nitrogens with zero attached hydrogens (tertiary/aromatic N) is 3. The van der Waals surface area contributed by atoms with Crippen molar-refractivity contribution in [3.63, 3.8) is 0 Å². The van der Waals surface area contributed by atoms with Gasteiger partial charge in [-0.05, 0) is 44.2 Å². The normalized spacial score (nSPS) is 16.8. The maximum Gasteiger partial charge on any atom is 0.359 e. The van der Waals surface area contributed by atoms with Gasteiger partial charge in [-0.15, -0.1) is 0 Å². The largest absolute Gasteiger partial charge is 0.496 e. The van der Waals surface area contributed by atoms with Crippen LogP contribution in [-0.4, -0.2) is 53.7 Å². The fourth-order valence-electron chi connectivity index (χ4n) is 4.35. The van der Waals surface area contributed by atoms with Gasteiger partial charge in [0.15, 0.2) is 5.69 Å². The number of para-hydroxylation sites is 1. The van der Waals surface area contributed by atoms with E-state index in [-0.39, 0.29) is 30.4 Å². The van der Waals surface area contributed by atoms with Crippen LogP contribution in [0.1, 0.15) is 40.4 Å². The molecule has 2 heterocycles. The number of anilines is 1. The Bertz CT molecular complexity index is 1290. The second kappa shape index (κ2) is 10.1. The van der Waals surface area contributed by atoms with Gasteiger partial charge in [0.2, 0.25) is 5.91 Å². The number of amides is 2. The first-order chi connectivity index (χ1) is 17.3. The topological polar surface area (TPSA) is 112 Å². The highest BCUT2D eigenvalue weighted by Gasteiger charge is 2.49. The SMILES string of the molecule is CCOc1ccc(N2C(=O)c3c(C(=O)OC)ncn3CC2(C)C(=O)NCc2ccccc2OC)cc1. The molecule has 0 aliphatic carbocycles. The lowest BCUT2D eigenvalue weighted by atomic mass is 9.93. The summed E-state index contributed by atoms with van der Waals surface area (Å²) in [5, 5.41) is 2.94. The lowest BCUT2D eigenvalue weighted by Crippen LogP contribution is -2.64. The number of aromatic nitrogens is 2. The Morgan fingerprint density at radius 2 is 1.83 bits per heavy atom. The highest BCUT2D eigenvalue weighted by molar-refractivity contribution is 6.15. The molecule has 4 rings (SSSR count). The quantitative estimate of drug-likeness (QED) is 0.481. The summed E-state index contributed by atoms with van der Waals surface area (Å²) in [6.07, 6.45) is 1.38. The van der Waals surface area contributed by atoms with Crippen LogP contribution in [0.2, 0.25) is 0 Å². The molecule has 0 radical (unpaired) electrons. The molecular weight excluding hydrogens is 464 g/mol. The van der Waals surface area contributed by atoms with Crippen LogP contribution in [0.15, 0.2) is 54.9 Å². The van der Waals surface area contributed by atoms with Crippen LogP contribution in [0.25, 0.3) is 0 Å². The van der Waals surface area contributed by atoms with Gasteiger partial charge in [0.05, 0.1) is 33.7 Å². The summed E-state index contributed by atoms with van der Waals surface area (Å²) >= 11 is 0. The number of rotatable bonds is 8. The summed E-state index contributed by atoms with van der Waals surface area (Å²) in [7, 11) is 2.79. The minimum atomic E-state index is -1.34. The van der Waals surface area contributed by atoms with Crippen LogP contribution in [0.3, 0.4) is 0 Å². The molecular formula is C26H28N4O6. The number of esters is 1. The smallest absolute Gasteiger partial charge is 0.359 e. The summed E-state index contributed by atoms with van der Waals surface area (Å²) in [5.74, 6) is -0.375. The number of ether oxygens (including phenoxy) is 3. The number of carbonyl (C=O) groups excluding carboxylic acids is 3. The molecule has 188 valence electrons. The summed E-state index contributed by atoms with van der Waals surface area (Å²) in [4.78, 5) is 45.3. The van der Waals surface area contributed by atoms with E-state index in [0.29, 0.717) is 23.8 Å². The minimum absolute atomic E-state index is 0.0609. The molecule has 1 aromatic heterocycles. The number of hydrogen-bond acceptors (Lipinski definition) is 7. The monoisotopic (exact) mass is 492 g/mol. The zero-order valence-electron chi connectivity index (χ0n) is 20.6. The van der Waals surface area contributed by atoms with E-state index < -0.39 is 17.4 Å². The van der Waals surface area contributed by atoms with Crippen LogP contribution >= 0.6 is 0 Å². The summed E-state index contributed by atoms with van der Waals surface area (Å²) < 4.78 is 17.2. The maximum absolute atomic E-state index is 13.9. The van der Waals surface area contributed by atoms with Gasteiger partial charge in [0, 0.05) is 17.8 Å². The molecule has 1 aliphatic heterocycles. The zero-order valence-corrected chi connectivity index (χ0v) is 20.6. The lowest BCUT2D eigenvalue weighted by molar-refractivity contribution is -0.126. The Morgan fingerprint density at radius 1 is 1.11 bits per heavy atom. The molecule has 36 heavy (non-hydrogen) atoms. The van der Waals surface area contributed by atoms with Crippen molar-refractivity contribution in [2.24, 2.45) is 0 Å². The molecule has 2 amide bonds. The third kappa shape index (κ3) is 4.37. The molecule has 10 heteroatoms. The molecule has 1 N–H and O–H groups in total. The van der Waals surface area contributed by atoms with Gasteiger partial charge in [0.1, 0.15) is 22.7 Å². The highest BCUT2D eigenvalue weighted by atomic mass is 16.5. The van der Waals surface area contributed by atoms with Crippen LogP contribution in [0.5, 0.6) is 11.5 Å². The van der Waals surface area contributed by atoms with Crippen molar-refractivity contribution in [2.45, 2.75) is 32.5 Å². The van der Waals surface area contributed by atoms with Crippen molar-refractivity contribution in [1.29, 1.82) is 0 Å². The Hall–Kier alpha value is -4.34. The van der Waals surface area contributed by atoms with E-state index in [1.165, 1.54) is 22.9 Å². The Labute approximate surface area is 208 Å². The molecule has 0 bridgehead atoms. The third-order valence-electron chi connectivity index (χ3n) is 6.12. The fourth-order valence-corrected chi connectivity index (χ4v) is 4.35. The number of nitrogens with one attached hydrogen (secondary N) is 1. The molecule has 1 aliphatic rings. The van der Waals surface area contributed by atoms with Gasteiger partial charge in [0.25, 0.3) is 5.91 Å². The number of hydrogen-bond donors (Lipinski definition) is 1. The van der Waals surface area contributed by atoms with E-state index in [2.05, 4.69) is 10.3 Å². The molecule has 0 fully saturated rings. The second-order valence-electron chi connectivity index (χ2n) is 8.40. The number of fused-ring (bicyclic) bond motifs is 1. The van der Waals surface area contributed by atoms with E-state index in [1.54, 1.807) is 38.3 Å². The maximum atomic E-state index is 13.9. The summed E-state index contributed by atoms with van der Waals surface area (Å²) in [6, 6.07) is 14.2. The molecule has 0 saturated carbocycles. The first-order valence-corrected chi connectivity index (χ1v) is 11.4. The van der Waals surface area contributed by atoms with Crippen LogP contribution in [0, 0.1) is 0 Å². The molecule has 1 unspecified atom stereocenters. The van der Waals surface area contributed by atoms with Crippen molar-refractivity contribution in [3.05, 3.63) is 71.8 Å². The third-order valence-corrected chi connectivity index (χ3v) is 6.12. The van der Waals surface area contributed by atoms with E-state index in [9.17, 15) is 14.4 Å². The van der Waals surface area contributed by atoms with E-state index in [4.69, 9.17) is 14.2 Å². The lowest BCUT2D eigenvalue weighted by Gasteiger charge is -2.43. The molecule has 1 atom stereocenters. The van der Waals surface area contributed by atoms with E-state index in [1.807, 2.05) is 31.2 Å². The molecule has 3 aromatic rings. The standard InChI is InChI=1S/C26H28N4O6/c1-5-36-19-12-10-18(11-13-19)30-23(31)22-21(24(32)35-4)28-16-29(22)15-26(30,2)25(33)27-14-17-8-6-7-9-20(17)34-3/h6-13,16H,5,14-15H2,1-4H3,(H,27,33). The average molecular weight is 493 g/mol. The Morgan fingerprint density at radius 3 is 2.50 bits per heavy atom. The predicted octanol–water partition coefficient (Wildman–Crippen LogP) is 2.81. The molecule has 0 spiro atoms. The van der Waals surface area contributed by atoms with Crippen LogP contribution in [-0.2, 0) is 22.6 Å². The first-order valence-electron chi connectivity index (χ1n) is 11.4. The highest BCUT2D eigenvalue weighted by Crippen LogP contribution is 2.35. The van der Waals surface area contributed by atoms with Crippen LogP contribution in [0.4, 0.5) is 5.69 Å². The molecule has 10 nitrogen and oxygen atoms in total. The summed E-state index contributed by atoms with van der Waals surface area (Å²) in [6.45, 7) is 4.32. The van der Waals surface area contributed by atoms with E-state index >= 15 is 0 Å². The number of methoxy groups -OCH3 is 2. The van der Waals surface area contributed by atoms with Crippen molar-refractivity contribution in [1.82, 2.24) is 14.9 Å². The molecule has 2 aromatic carbocycles. The Kier molecular flexibility index (Phi) is 6.96. The zero-order chi connectivity index (χ0) is 25.9. The van der Waals surface area contributed by atoms with Crippen molar-refractivity contribution in [3.8, 4) is 11.5 Å². The Balaban J connectivity index is 1.73. The first kappa shape index (κ1) is 24.8. The van der Waals surface area contributed by atoms with E-state index in [0.717, 1.165) is 5.56 Å². The van der Waals surface area contributed by atoms with Crippen molar-refractivity contribution >= 4 is 23.5 Å². The van der Waals surface area contributed by atoms with Gasteiger partial charge in [-0.3, -0.25) is 14.5 Å². The second-order valence-corrected chi connectivity index (χ2v) is 8.40. The number of imidazole rings is 1. The van der Waals surface area contributed by atoms with Crippen molar-refractivity contribution < 1.29 is 28.6 Å². The van der Waals surface area contributed by atoms with Gasteiger partial charge in [-0.1, -0.05) is 18.2 Å². The van der Waals surface area contributed by atoms with Crippen LogP contribution < -0.4 is 19.7 Å². The molecule has 0 saturated heterocycles. The van der Waals surface area contributed by atoms with Gasteiger partial charge < -0.3 is 24.1 Å². The number of benzene rings is 2. The van der Waals surface area contributed by atoms with Gasteiger partial charge in [-0.2, -0.15) is 0 Å². The van der Waals surface area contributed by atoms with Gasteiger partial charge in [-0.25, -0.2) is 9.78 Å².